The first-order valence-electron chi connectivity index (χ1n) is 11.0. The molecular weight excluding hydrogens is 464 g/mol. The molecule has 2 aromatic rings. The second-order valence-electron chi connectivity index (χ2n) is 7.95. The van der Waals surface area contributed by atoms with Crippen molar-refractivity contribution in [1.82, 2.24) is 0 Å². The second kappa shape index (κ2) is 11.4. The molecule has 188 valence electrons. The maximum Gasteiger partial charge on any atom is 0.595 e. The van der Waals surface area contributed by atoms with Crippen molar-refractivity contribution >= 4 is 0 Å². The standard InChI is InChI=1S/C22H26N4O9/c1-3-11-19(17-13-7-5-8-14-17)21(23(27)28,24(29)30)35-22(25(31)32,26(33)34)20(12-4-2)18-15-9-6-10-16-18/h5-10,13-16,19-20H,3-4,11-12H2,1-2H3. The van der Waals surface area contributed by atoms with E-state index in [2.05, 4.69) is 0 Å². The van der Waals surface area contributed by atoms with Crippen LogP contribution in [0, 0.1) is 40.5 Å². The van der Waals surface area contributed by atoms with Crippen LogP contribution in [0.2, 0.25) is 0 Å². The van der Waals surface area contributed by atoms with Crippen LogP contribution in [0.25, 0.3) is 0 Å². The minimum Gasteiger partial charge on any atom is -0.256 e. The molecule has 0 aliphatic rings. The Labute approximate surface area is 200 Å². The first-order valence-corrected chi connectivity index (χ1v) is 11.0. The van der Waals surface area contributed by atoms with Crippen molar-refractivity contribution in [1.29, 1.82) is 0 Å². The minimum absolute atomic E-state index is 0.0927. The van der Waals surface area contributed by atoms with Crippen LogP contribution in [0.1, 0.15) is 62.5 Å². The number of nitrogens with zero attached hydrogens (tertiary/aromatic N) is 4. The Hall–Kier alpha value is -4.00. The van der Waals surface area contributed by atoms with Gasteiger partial charge in [-0.2, -0.15) is 0 Å². The number of benzene rings is 2. The van der Waals surface area contributed by atoms with Gasteiger partial charge in [0.25, 0.3) is 0 Å². The molecule has 2 aromatic carbocycles. The highest BCUT2D eigenvalue weighted by atomic mass is 16.8. The van der Waals surface area contributed by atoms with Crippen molar-refractivity contribution in [2.75, 3.05) is 0 Å². The summed E-state index contributed by atoms with van der Waals surface area (Å²) >= 11 is 0. The fourth-order valence-corrected chi connectivity index (χ4v) is 4.25. The van der Waals surface area contributed by atoms with E-state index >= 15 is 0 Å². The van der Waals surface area contributed by atoms with Crippen LogP contribution in [0.15, 0.2) is 60.7 Å². The monoisotopic (exact) mass is 490 g/mol. The van der Waals surface area contributed by atoms with E-state index in [0.29, 0.717) is 0 Å². The molecular formula is C22H26N4O9. The molecule has 0 saturated carbocycles. The number of hydrogen-bond donors (Lipinski definition) is 0. The molecule has 0 aromatic heterocycles. The zero-order valence-electron chi connectivity index (χ0n) is 19.2. The summed E-state index contributed by atoms with van der Waals surface area (Å²) < 4.78 is 5.21. The van der Waals surface area contributed by atoms with Gasteiger partial charge in [-0.3, -0.25) is 40.5 Å². The Kier molecular flexibility index (Phi) is 8.89. The van der Waals surface area contributed by atoms with Gasteiger partial charge in [-0.1, -0.05) is 87.4 Å². The van der Waals surface area contributed by atoms with Gasteiger partial charge in [0.05, 0.1) is 0 Å². The van der Waals surface area contributed by atoms with Gasteiger partial charge in [0.2, 0.25) is 0 Å². The Balaban J connectivity index is 2.90. The lowest BCUT2D eigenvalue weighted by Crippen LogP contribution is -2.65. The molecule has 2 atom stereocenters. The third-order valence-electron chi connectivity index (χ3n) is 5.81. The molecule has 0 bridgehead atoms. The van der Waals surface area contributed by atoms with Crippen LogP contribution >= 0.6 is 0 Å². The van der Waals surface area contributed by atoms with Gasteiger partial charge < -0.3 is 0 Å². The van der Waals surface area contributed by atoms with Crippen LogP contribution in [-0.4, -0.2) is 31.4 Å². The number of ether oxygens (including phenoxy) is 1. The summed E-state index contributed by atoms with van der Waals surface area (Å²) in [4.78, 5) is 43.9. The van der Waals surface area contributed by atoms with Crippen LogP contribution < -0.4 is 0 Å². The molecule has 0 aliphatic heterocycles. The van der Waals surface area contributed by atoms with Crippen molar-refractivity contribution in [2.24, 2.45) is 0 Å². The molecule has 2 unspecified atom stereocenters. The van der Waals surface area contributed by atoms with E-state index in [0.717, 1.165) is 0 Å². The summed E-state index contributed by atoms with van der Waals surface area (Å²) in [5.41, 5.74) is 0.185. The van der Waals surface area contributed by atoms with Gasteiger partial charge in [0.15, 0.2) is 11.8 Å². The fourth-order valence-electron chi connectivity index (χ4n) is 4.25. The van der Waals surface area contributed by atoms with E-state index in [1.807, 2.05) is 0 Å². The van der Waals surface area contributed by atoms with Crippen LogP contribution in [0.3, 0.4) is 0 Å². The molecule has 13 heteroatoms. The smallest absolute Gasteiger partial charge is 0.256 e. The van der Waals surface area contributed by atoms with Crippen molar-refractivity contribution in [3.63, 3.8) is 0 Å². The Bertz CT molecular complexity index is 938. The molecule has 0 amide bonds. The summed E-state index contributed by atoms with van der Waals surface area (Å²) in [6, 6.07) is 14.6. The van der Waals surface area contributed by atoms with Crippen LogP contribution in [-0.2, 0) is 4.74 Å². The molecule has 0 aliphatic carbocycles. The summed E-state index contributed by atoms with van der Waals surface area (Å²) in [5, 5.41) is 49.5. The number of nitro groups is 4. The second-order valence-corrected chi connectivity index (χ2v) is 7.95. The number of hydrogen-bond acceptors (Lipinski definition) is 9. The molecule has 0 radical (unpaired) electrons. The lowest BCUT2D eigenvalue weighted by Gasteiger charge is -2.30. The zero-order chi connectivity index (χ0) is 26.2. The average Bonchev–Trinajstić information content (AvgIpc) is 2.83. The highest BCUT2D eigenvalue weighted by Gasteiger charge is 2.79. The van der Waals surface area contributed by atoms with Crippen molar-refractivity contribution in [3.8, 4) is 0 Å². The van der Waals surface area contributed by atoms with E-state index in [1.165, 1.54) is 48.5 Å². The third kappa shape index (κ3) is 5.09. The first kappa shape index (κ1) is 27.2. The predicted octanol–water partition coefficient (Wildman–Crippen LogP) is 4.59. The van der Waals surface area contributed by atoms with Gasteiger partial charge in [-0.15, -0.1) is 4.74 Å². The van der Waals surface area contributed by atoms with Gasteiger partial charge in [-0.25, -0.2) is 0 Å². The van der Waals surface area contributed by atoms with E-state index in [1.54, 1.807) is 26.0 Å². The average molecular weight is 490 g/mol. The summed E-state index contributed by atoms with van der Waals surface area (Å²) in [6.45, 7) is 3.22. The maximum absolute atomic E-state index is 12.4. The molecule has 35 heavy (non-hydrogen) atoms. The largest absolute Gasteiger partial charge is 0.595 e. The molecule has 0 spiro atoms. The van der Waals surface area contributed by atoms with E-state index in [-0.39, 0.29) is 36.8 Å². The third-order valence-corrected chi connectivity index (χ3v) is 5.81. The molecule has 0 heterocycles. The van der Waals surface area contributed by atoms with Gasteiger partial charge >= 0.3 is 11.7 Å². The molecule has 0 saturated heterocycles. The van der Waals surface area contributed by atoms with Crippen molar-refractivity contribution in [2.45, 2.75) is 63.1 Å². The lowest BCUT2D eigenvalue weighted by atomic mass is 9.87. The van der Waals surface area contributed by atoms with Crippen LogP contribution in [0.5, 0.6) is 0 Å². The first-order chi connectivity index (χ1) is 16.6. The summed E-state index contributed by atoms with van der Waals surface area (Å²) in [6.07, 6.45) is 0.0171. The van der Waals surface area contributed by atoms with E-state index in [4.69, 9.17) is 4.74 Å². The van der Waals surface area contributed by atoms with E-state index in [9.17, 15) is 40.5 Å². The lowest BCUT2D eigenvalue weighted by molar-refractivity contribution is -0.939. The quantitative estimate of drug-likeness (QED) is 0.208. The zero-order valence-corrected chi connectivity index (χ0v) is 19.2. The maximum atomic E-state index is 12.4. The number of rotatable bonds is 14. The van der Waals surface area contributed by atoms with Crippen molar-refractivity contribution in [3.05, 3.63) is 112 Å². The minimum atomic E-state index is -3.71. The Morgan fingerprint density at radius 1 is 0.629 bits per heavy atom. The summed E-state index contributed by atoms with van der Waals surface area (Å²) in [5.74, 6) is -10.7. The van der Waals surface area contributed by atoms with Crippen molar-refractivity contribution < 1.29 is 24.4 Å². The fraction of sp³-hybridized carbons (Fsp3) is 0.455. The van der Waals surface area contributed by atoms with Gasteiger partial charge in [0.1, 0.15) is 19.7 Å². The predicted molar refractivity (Wildman–Crippen MR) is 123 cm³/mol. The summed E-state index contributed by atoms with van der Waals surface area (Å²) in [7, 11) is 0. The Morgan fingerprint density at radius 2 is 0.914 bits per heavy atom. The molecule has 0 N–H and O–H groups in total. The molecule has 13 nitrogen and oxygen atoms in total. The van der Waals surface area contributed by atoms with E-state index < -0.39 is 43.2 Å². The Morgan fingerprint density at radius 3 is 1.14 bits per heavy atom. The molecule has 2 rings (SSSR count). The van der Waals surface area contributed by atoms with Gasteiger partial charge in [-0.05, 0) is 24.0 Å². The SMILES string of the molecule is CCCC(c1ccccc1)C(OC(C(CCC)c1ccccc1)([N+](=O)[O-])[N+](=O)[O-])([N+](=O)[O-])[N+](=O)[O-]. The normalized spacial score (nSPS) is 13.5. The van der Waals surface area contributed by atoms with Gasteiger partial charge in [0, 0.05) is 0 Å². The topological polar surface area (TPSA) is 182 Å². The highest BCUT2D eigenvalue weighted by molar-refractivity contribution is 5.23. The highest BCUT2D eigenvalue weighted by Crippen LogP contribution is 2.45. The van der Waals surface area contributed by atoms with Crippen LogP contribution in [0.4, 0.5) is 0 Å². The molecule has 0 fully saturated rings.